The molecule has 1 aromatic heterocycles. The summed E-state index contributed by atoms with van der Waals surface area (Å²) in [6.45, 7) is 2.00. The first-order valence-electron chi connectivity index (χ1n) is 10.3. The van der Waals surface area contributed by atoms with Crippen LogP contribution in [0, 0.1) is 11.8 Å². The normalized spacial score (nSPS) is 23.1. The highest BCUT2D eigenvalue weighted by Crippen LogP contribution is 2.25. The third-order valence-electron chi connectivity index (χ3n) is 5.74. The molecule has 1 aromatic rings. The van der Waals surface area contributed by atoms with Crippen LogP contribution in [-0.2, 0) is 9.53 Å². The molecule has 7 nitrogen and oxygen atoms in total. The standard InChI is InChI=1S/C21H32N4O3/c1-25(2)19-7-6-17(14-22-19)20(26)23-13-15-4-3-5-18(12-15)24-21(27)16-8-10-28-11-9-16/h6-7,14-16,18H,3-5,8-13H2,1-2H3,(H,23,26)(H,24,27)/t15-,18+/m1/s1. The van der Waals surface area contributed by atoms with Crippen LogP contribution in [0.5, 0.6) is 0 Å². The number of ether oxygens (including phenoxy) is 1. The van der Waals surface area contributed by atoms with Gasteiger partial charge in [0, 0.05) is 52.0 Å². The van der Waals surface area contributed by atoms with E-state index in [1.165, 1.54) is 0 Å². The zero-order valence-electron chi connectivity index (χ0n) is 16.9. The van der Waals surface area contributed by atoms with Gasteiger partial charge in [0.05, 0.1) is 5.56 Å². The maximum atomic E-state index is 12.5. The first-order valence-corrected chi connectivity index (χ1v) is 10.3. The maximum absolute atomic E-state index is 12.5. The number of nitrogens with one attached hydrogen (secondary N) is 2. The van der Waals surface area contributed by atoms with Crippen molar-refractivity contribution < 1.29 is 14.3 Å². The van der Waals surface area contributed by atoms with Crippen molar-refractivity contribution in [2.45, 2.75) is 44.6 Å². The second kappa shape index (κ2) is 9.87. The summed E-state index contributed by atoms with van der Waals surface area (Å²) in [4.78, 5) is 31.0. The number of anilines is 1. The second-order valence-corrected chi connectivity index (χ2v) is 8.13. The highest BCUT2D eigenvalue weighted by molar-refractivity contribution is 5.94. The molecule has 3 rings (SSSR count). The number of hydrogen-bond donors (Lipinski definition) is 2. The number of aromatic nitrogens is 1. The summed E-state index contributed by atoms with van der Waals surface area (Å²) in [5.41, 5.74) is 0.575. The van der Waals surface area contributed by atoms with Gasteiger partial charge in [0.15, 0.2) is 0 Å². The molecule has 7 heteroatoms. The zero-order chi connectivity index (χ0) is 19.9. The van der Waals surface area contributed by atoms with Gasteiger partial charge in [0.1, 0.15) is 5.82 Å². The quantitative estimate of drug-likeness (QED) is 0.779. The lowest BCUT2D eigenvalue weighted by Gasteiger charge is -2.31. The van der Waals surface area contributed by atoms with E-state index in [0.717, 1.165) is 44.3 Å². The minimum atomic E-state index is -0.0915. The largest absolute Gasteiger partial charge is 0.381 e. The third kappa shape index (κ3) is 5.67. The van der Waals surface area contributed by atoms with Crippen LogP contribution in [0.4, 0.5) is 5.82 Å². The van der Waals surface area contributed by atoms with Crippen molar-refractivity contribution in [2.75, 3.05) is 38.8 Å². The van der Waals surface area contributed by atoms with Crippen molar-refractivity contribution in [1.82, 2.24) is 15.6 Å². The highest BCUT2D eigenvalue weighted by atomic mass is 16.5. The number of pyridine rings is 1. The Morgan fingerprint density at radius 2 is 1.96 bits per heavy atom. The van der Waals surface area contributed by atoms with Gasteiger partial charge in [-0.15, -0.1) is 0 Å². The van der Waals surface area contributed by atoms with E-state index in [1.54, 1.807) is 12.3 Å². The Balaban J connectivity index is 1.44. The fourth-order valence-electron chi connectivity index (χ4n) is 4.01. The molecule has 28 heavy (non-hydrogen) atoms. The molecule has 0 bridgehead atoms. The third-order valence-corrected chi connectivity index (χ3v) is 5.74. The average molecular weight is 389 g/mol. The summed E-state index contributed by atoms with van der Waals surface area (Å²) < 4.78 is 5.34. The van der Waals surface area contributed by atoms with Gasteiger partial charge in [-0.05, 0) is 50.2 Å². The molecule has 2 fully saturated rings. The van der Waals surface area contributed by atoms with Gasteiger partial charge in [-0.2, -0.15) is 0 Å². The summed E-state index contributed by atoms with van der Waals surface area (Å²) in [7, 11) is 3.84. The van der Waals surface area contributed by atoms with E-state index >= 15 is 0 Å². The summed E-state index contributed by atoms with van der Waals surface area (Å²) in [5, 5.41) is 6.27. The number of rotatable bonds is 6. The molecule has 2 amide bonds. The van der Waals surface area contributed by atoms with Crippen LogP contribution in [0.3, 0.4) is 0 Å². The van der Waals surface area contributed by atoms with Crippen molar-refractivity contribution in [3.63, 3.8) is 0 Å². The number of nitrogens with zero attached hydrogens (tertiary/aromatic N) is 2. The molecule has 2 aliphatic rings. The van der Waals surface area contributed by atoms with Crippen LogP contribution in [0.15, 0.2) is 18.3 Å². The Bertz CT molecular complexity index is 656. The van der Waals surface area contributed by atoms with Crippen LogP contribution in [0.2, 0.25) is 0 Å². The van der Waals surface area contributed by atoms with Gasteiger partial charge in [-0.1, -0.05) is 6.42 Å². The van der Waals surface area contributed by atoms with E-state index in [1.807, 2.05) is 25.1 Å². The van der Waals surface area contributed by atoms with Gasteiger partial charge in [-0.3, -0.25) is 9.59 Å². The summed E-state index contributed by atoms with van der Waals surface area (Å²) in [6, 6.07) is 3.86. The summed E-state index contributed by atoms with van der Waals surface area (Å²) >= 11 is 0. The van der Waals surface area contributed by atoms with E-state index < -0.39 is 0 Å². The summed E-state index contributed by atoms with van der Waals surface area (Å²) in [5.74, 6) is 1.39. The van der Waals surface area contributed by atoms with E-state index in [9.17, 15) is 9.59 Å². The van der Waals surface area contributed by atoms with E-state index in [-0.39, 0.29) is 23.8 Å². The predicted octanol–water partition coefficient (Wildman–Crippen LogP) is 1.98. The van der Waals surface area contributed by atoms with E-state index in [4.69, 9.17) is 4.74 Å². The molecule has 0 aromatic carbocycles. The minimum Gasteiger partial charge on any atom is -0.381 e. The van der Waals surface area contributed by atoms with Crippen molar-refractivity contribution >= 4 is 17.6 Å². The first kappa shape index (κ1) is 20.6. The van der Waals surface area contributed by atoms with E-state index in [2.05, 4.69) is 15.6 Å². The molecule has 1 aliphatic heterocycles. The number of amides is 2. The predicted molar refractivity (Wildman–Crippen MR) is 108 cm³/mol. The van der Waals surface area contributed by atoms with Crippen molar-refractivity contribution in [3.8, 4) is 0 Å². The van der Waals surface area contributed by atoms with Crippen molar-refractivity contribution in [2.24, 2.45) is 11.8 Å². The Kier molecular flexibility index (Phi) is 7.25. The first-order chi connectivity index (χ1) is 13.5. The fourth-order valence-corrected chi connectivity index (χ4v) is 4.01. The lowest BCUT2D eigenvalue weighted by atomic mass is 9.85. The molecular weight excluding hydrogens is 356 g/mol. The van der Waals surface area contributed by atoms with Crippen LogP contribution < -0.4 is 15.5 Å². The molecule has 2 N–H and O–H groups in total. The van der Waals surface area contributed by atoms with Crippen LogP contribution in [0.1, 0.15) is 48.9 Å². The molecule has 1 saturated carbocycles. The smallest absolute Gasteiger partial charge is 0.252 e. The molecule has 1 saturated heterocycles. The van der Waals surface area contributed by atoms with Gasteiger partial charge in [0.25, 0.3) is 5.91 Å². The van der Waals surface area contributed by atoms with Crippen LogP contribution in [0.25, 0.3) is 0 Å². The zero-order valence-corrected chi connectivity index (χ0v) is 16.9. The molecular formula is C21H32N4O3. The molecule has 154 valence electrons. The van der Waals surface area contributed by atoms with Crippen LogP contribution >= 0.6 is 0 Å². The van der Waals surface area contributed by atoms with Gasteiger partial charge >= 0.3 is 0 Å². The van der Waals surface area contributed by atoms with Gasteiger partial charge < -0.3 is 20.3 Å². The molecule has 0 spiro atoms. The summed E-state index contributed by atoms with van der Waals surface area (Å²) in [6.07, 6.45) is 7.36. The molecule has 0 unspecified atom stereocenters. The number of hydrogen-bond acceptors (Lipinski definition) is 5. The van der Waals surface area contributed by atoms with Gasteiger partial charge in [-0.25, -0.2) is 4.98 Å². The van der Waals surface area contributed by atoms with Gasteiger partial charge in [0.2, 0.25) is 5.91 Å². The minimum absolute atomic E-state index is 0.0893. The highest BCUT2D eigenvalue weighted by Gasteiger charge is 2.27. The molecule has 1 aliphatic carbocycles. The van der Waals surface area contributed by atoms with Crippen molar-refractivity contribution in [1.29, 1.82) is 0 Å². The van der Waals surface area contributed by atoms with Crippen molar-refractivity contribution in [3.05, 3.63) is 23.9 Å². The Morgan fingerprint density at radius 1 is 1.18 bits per heavy atom. The lowest BCUT2D eigenvalue weighted by Crippen LogP contribution is -2.44. The van der Waals surface area contributed by atoms with E-state index in [0.29, 0.717) is 31.2 Å². The number of carbonyl (C=O) groups is 2. The Morgan fingerprint density at radius 3 is 2.64 bits per heavy atom. The number of carbonyl (C=O) groups excluding carboxylic acids is 2. The average Bonchev–Trinajstić information content (AvgIpc) is 2.73. The monoisotopic (exact) mass is 388 g/mol. The molecule has 2 atom stereocenters. The lowest BCUT2D eigenvalue weighted by molar-refractivity contribution is -0.128. The topological polar surface area (TPSA) is 83.6 Å². The Hall–Kier alpha value is -2.15. The molecule has 2 heterocycles. The second-order valence-electron chi connectivity index (χ2n) is 8.13. The molecule has 0 radical (unpaired) electrons. The Labute approximate surface area is 167 Å². The maximum Gasteiger partial charge on any atom is 0.252 e. The SMILES string of the molecule is CN(C)c1ccc(C(=O)NC[C@@H]2CCC[C@H](NC(=O)C3CCOCC3)C2)cn1. The fraction of sp³-hybridized carbons (Fsp3) is 0.667. The van der Waals surface area contributed by atoms with Crippen LogP contribution in [-0.4, -0.2) is 56.7 Å².